The minimum absolute atomic E-state index is 0.157. The van der Waals surface area contributed by atoms with Crippen LogP contribution in [0.5, 0.6) is 5.75 Å². The molecule has 0 saturated carbocycles. The number of rotatable bonds is 1. The number of hydrogen-bond acceptors (Lipinski definition) is 1. The lowest BCUT2D eigenvalue weighted by atomic mass is 10.1. The molecule has 82 valence electrons. The van der Waals surface area contributed by atoms with Crippen molar-refractivity contribution in [3.05, 3.63) is 51.5 Å². The number of hydrogen-bond donors (Lipinski definition) is 1. The molecule has 0 amide bonds. The highest BCUT2D eigenvalue weighted by Crippen LogP contribution is 2.39. The standard InChI is InChI=1S/C12H7Cl3O/c13-9-4-5-10(14)12(15)11(9)7-2-1-3-8(16)6-7/h1-6,16H. The maximum Gasteiger partial charge on any atom is 0.116 e. The van der Waals surface area contributed by atoms with Crippen LogP contribution in [-0.2, 0) is 0 Å². The molecule has 1 nitrogen and oxygen atoms in total. The lowest BCUT2D eigenvalue weighted by molar-refractivity contribution is 0.475. The molecule has 2 aromatic rings. The van der Waals surface area contributed by atoms with Crippen LogP contribution in [0.1, 0.15) is 0 Å². The fourth-order valence-corrected chi connectivity index (χ4v) is 2.20. The van der Waals surface area contributed by atoms with Crippen LogP contribution in [0, 0.1) is 0 Å². The van der Waals surface area contributed by atoms with Crippen LogP contribution >= 0.6 is 34.8 Å². The molecule has 0 saturated heterocycles. The Kier molecular flexibility index (Phi) is 3.29. The molecule has 0 heterocycles. The van der Waals surface area contributed by atoms with Crippen LogP contribution in [-0.4, -0.2) is 5.11 Å². The van der Waals surface area contributed by atoms with Crippen LogP contribution in [0.3, 0.4) is 0 Å². The Morgan fingerprint density at radius 1 is 0.875 bits per heavy atom. The van der Waals surface area contributed by atoms with E-state index >= 15 is 0 Å². The molecule has 0 unspecified atom stereocenters. The summed E-state index contributed by atoms with van der Waals surface area (Å²) < 4.78 is 0. The van der Waals surface area contributed by atoms with Crippen molar-refractivity contribution in [3.63, 3.8) is 0 Å². The van der Waals surface area contributed by atoms with E-state index in [0.717, 1.165) is 5.56 Å². The van der Waals surface area contributed by atoms with Gasteiger partial charge in [-0.3, -0.25) is 0 Å². The second kappa shape index (κ2) is 4.54. The molecule has 0 atom stereocenters. The van der Waals surface area contributed by atoms with Crippen molar-refractivity contribution < 1.29 is 5.11 Å². The van der Waals surface area contributed by atoms with Crippen molar-refractivity contribution in [1.29, 1.82) is 0 Å². The summed E-state index contributed by atoms with van der Waals surface area (Å²) in [5.41, 5.74) is 1.37. The summed E-state index contributed by atoms with van der Waals surface area (Å²) in [6.45, 7) is 0. The maximum atomic E-state index is 9.41. The molecule has 16 heavy (non-hydrogen) atoms. The molecule has 2 aromatic carbocycles. The van der Waals surface area contributed by atoms with Crippen molar-refractivity contribution in [2.24, 2.45) is 0 Å². The zero-order valence-electron chi connectivity index (χ0n) is 8.05. The molecular formula is C12H7Cl3O. The zero-order valence-corrected chi connectivity index (χ0v) is 10.3. The Morgan fingerprint density at radius 3 is 2.25 bits per heavy atom. The largest absolute Gasteiger partial charge is 0.508 e. The van der Waals surface area contributed by atoms with Gasteiger partial charge in [0.05, 0.1) is 10.0 Å². The van der Waals surface area contributed by atoms with Gasteiger partial charge in [-0.05, 0) is 29.8 Å². The summed E-state index contributed by atoms with van der Waals surface area (Å²) in [7, 11) is 0. The molecule has 0 spiro atoms. The molecule has 0 aliphatic rings. The highest BCUT2D eigenvalue weighted by molar-refractivity contribution is 6.46. The molecule has 0 aliphatic heterocycles. The number of aromatic hydroxyl groups is 1. The van der Waals surface area contributed by atoms with E-state index in [-0.39, 0.29) is 5.75 Å². The van der Waals surface area contributed by atoms with E-state index in [4.69, 9.17) is 34.8 Å². The van der Waals surface area contributed by atoms with Gasteiger partial charge in [0.25, 0.3) is 0 Å². The Balaban J connectivity index is 2.68. The third-order valence-corrected chi connectivity index (χ3v) is 3.30. The van der Waals surface area contributed by atoms with Crippen LogP contribution in [0.15, 0.2) is 36.4 Å². The fourth-order valence-electron chi connectivity index (χ4n) is 1.45. The van der Waals surface area contributed by atoms with E-state index < -0.39 is 0 Å². The van der Waals surface area contributed by atoms with Gasteiger partial charge < -0.3 is 5.11 Å². The minimum Gasteiger partial charge on any atom is -0.508 e. The van der Waals surface area contributed by atoms with Gasteiger partial charge in [-0.1, -0.05) is 46.9 Å². The lowest BCUT2D eigenvalue weighted by Crippen LogP contribution is -1.82. The van der Waals surface area contributed by atoms with Crippen molar-refractivity contribution in [2.75, 3.05) is 0 Å². The lowest BCUT2D eigenvalue weighted by Gasteiger charge is -2.08. The highest BCUT2D eigenvalue weighted by Gasteiger charge is 2.11. The number of halogens is 3. The second-order valence-corrected chi connectivity index (χ2v) is 4.46. The quantitative estimate of drug-likeness (QED) is 0.723. The summed E-state index contributed by atoms with van der Waals surface area (Å²) in [5.74, 6) is 0.157. The number of benzene rings is 2. The summed E-state index contributed by atoms with van der Waals surface area (Å²) >= 11 is 18.1. The molecule has 0 aliphatic carbocycles. The van der Waals surface area contributed by atoms with Crippen LogP contribution < -0.4 is 0 Å². The molecule has 0 aromatic heterocycles. The molecule has 0 radical (unpaired) electrons. The highest BCUT2D eigenvalue weighted by atomic mass is 35.5. The van der Waals surface area contributed by atoms with Gasteiger partial charge in [0.15, 0.2) is 0 Å². The van der Waals surface area contributed by atoms with Crippen LogP contribution in [0.4, 0.5) is 0 Å². The first kappa shape index (κ1) is 11.6. The van der Waals surface area contributed by atoms with Crippen molar-refractivity contribution in [1.82, 2.24) is 0 Å². The van der Waals surface area contributed by atoms with Gasteiger partial charge in [-0.15, -0.1) is 0 Å². The first-order valence-electron chi connectivity index (χ1n) is 4.52. The van der Waals surface area contributed by atoms with E-state index in [0.29, 0.717) is 20.6 Å². The van der Waals surface area contributed by atoms with Crippen LogP contribution in [0.2, 0.25) is 15.1 Å². The fraction of sp³-hybridized carbons (Fsp3) is 0. The van der Waals surface area contributed by atoms with Gasteiger partial charge in [0.2, 0.25) is 0 Å². The maximum absolute atomic E-state index is 9.41. The number of phenols is 1. The van der Waals surface area contributed by atoms with Gasteiger partial charge in [-0.25, -0.2) is 0 Å². The van der Waals surface area contributed by atoms with Gasteiger partial charge in [-0.2, -0.15) is 0 Å². The predicted octanol–water partition coefficient (Wildman–Crippen LogP) is 5.02. The molecule has 1 N–H and O–H groups in total. The monoisotopic (exact) mass is 272 g/mol. The van der Waals surface area contributed by atoms with Crippen molar-refractivity contribution in [3.8, 4) is 16.9 Å². The van der Waals surface area contributed by atoms with Crippen molar-refractivity contribution >= 4 is 34.8 Å². The first-order chi connectivity index (χ1) is 7.59. The van der Waals surface area contributed by atoms with E-state index in [1.54, 1.807) is 30.3 Å². The average Bonchev–Trinajstić information content (AvgIpc) is 2.24. The number of phenolic OH excluding ortho intramolecular Hbond substituents is 1. The third-order valence-electron chi connectivity index (χ3n) is 2.18. The molecule has 0 fully saturated rings. The van der Waals surface area contributed by atoms with Crippen molar-refractivity contribution in [2.45, 2.75) is 0 Å². The van der Waals surface area contributed by atoms with Gasteiger partial charge in [0.1, 0.15) is 5.75 Å². The topological polar surface area (TPSA) is 20.2 Å². The van der Waals surface area contributed by atoms with E-state index in [2.05, 4.69) is 0 Å². The summed E-state index contributed by atoms with van der Waals surface area (Å²) in [4.78, 5) is 0. The summed E-state index contributed by atoms with van der Waals surface area (Å²) in [6, 6.07) is 10.0. The first-order valence-corrected chi connectivity index (χ1v) is 5.66. The molecule has 2 rings (SSSR count). The average molecular weight is 274 g/mol. The predicted molar refractivity (Wildman–Crippen MR) is 68.6 cm³/mol. The third kappa shape index (κ3) is 2.12. The smallest absolute Gasteiger partial charge is 0.116 e. The second-order valence-electron chi connectivity index (χ2n) is 3.27. The van der Waals surface area contributed by atoms with E-state index in [9.17, 15) is 5.11 Å². The molecular weight excluding hydrogens is 266 g/mol. The summed E-state index contributed by atoms with van der Waals surface area (Å²) in [5, 5.41) is 10.7. The Morgan fingerprint density at radius 2 is 1.56 bits per heavy atom. The SMILES string of the molecule is Oc1cccc(-c2c(Cl)ccc(Cl)c2Cl)c1. The van der Waals surface area contributed by atoms with E-state index in [1.165, 1.54) is 0 Å². The van der Waals surface area contributed by atoms with Crippen LogP contribution in [0.25, 0.3) is 11.1 Å². The molecule has 4 heteroatoms. The Hall–Kier alpha value is -0.890. The van der Waals surface area contributed by atoms with Gasteiger partial charge in [0, 0.05) is 10.6 Å². The molecule has 0 bridgehead atoms. The Labute approximate surface area is 108 Å². The zero-order chi connectivity index (χ0) is 11.7. The normalized spacial score (nSPS) is 10.4. The van der Waals surface area contributed by atoms with E-state index in [1.807, 2.05) is 6.07 Å². The van der Waals surface area contributed by atoms with Gasteiger partial charge >= 0.3 is 0 Å². The Bertz CT molecular complexity index is 538. The summed E-state index contributed by atoms with van der Waals surface area (Å²) in [6.07, 6.45) is 0. The minimum atomic E-state index is 0.157.